The highest BCUT2D eigenvalue weighted by atomic mass is 32.1. The molecule has 13 nitrogen and oxygen atoms in total. The van der Waals surface area contributed by atoms with Crippen LogP contribution in [0.5, 0.6) is 0 Å². The first-order valence-electron chi connectivity index (χ1n) is 15.6. The zero-order valence-corrected chi connectivity index (χ0v) is 29.1. The number of hydrogen-bond acceptors (Lipinski definition) is 15. The van der Waals surface area contributed by atoms with Crippen LogP contribution in [0.1, 0.15) is 37.6 Å². The van der Waals surface area contributed by atoms with Crippen LogP contribution in [-0.2, 0) is 41.7 Å². The molecule has 0 unspecified atom stereocenters. The summed E-state index contributed by atoms with van der Waals surface area (Å²) in [6.07, 6.45) is -16.3. The topological polar surface area (TPSA) is 205 Å². The number of ether oxygens (including phenoxy) is 5. The highest BCUT2D eigenvalue weighted by molar-refractivity contribution is 7.12. The van der Waals surface area contributed by atoms with Crippen molar-refractivity contribution in [2.24, 2.45) is 0 Å². The summed E-state index contributed by atoms with van der Waals surface area (Å²) < 4.78 is 119. The minimum absolute atomic E-state index is 0.0378. The van der Waals surface area contributed by atoms with E-state index in [1.165, 1.54) is 13.8 Å². The number of esters is 1. The predicted molar refractivity (Wildman–Crippen MR) is 166 cm³/mol. The lowest BCUT2D eigenvalue weighted by atomic mass is 9.95. The molecule has 2 aliphatic heterocycles. The molecule has 3 aliphatic rings. The van der Waals surface area contributed by atoms with E-state index >= 15 is 26.3 Å². The smallest absolute Gasteiger partial charge is 0.380 e. The molecule has 0 aromatic carbocycles. The Morgan fingerprint density at radius 1 is 0.712 bits per heavy atom. The summed E-state index contributed by atoms with van der Waals surface area (Å²) in [5, 5.41) is 70.1. The van der Waals surface area contributed by atoms with E-state index in [2.05, 4.69) is 0 Å². The monoisotopic (exact) mass is 794 g/mol. The minimum atomic E-state index is -5.87. The Morgan fingerprint density at radius 2 is 1.13 bits per heavy atom. The summed E-state index contributed by atoms with van der Waals surface area (Å²) in [5.74, 6) is -17.5. The third-order valence-corrected chi connectivity index (χ3v) is 10.9. The minimum Gasteiger partial charge on any atom is -0.457 e. The van der Waals surface area contributed by atoms with Crippen molar-refractivity contribution in [2.45, 2.75) is 113 Å². The number of aliphatic hydroxyl groups excluding tert-OH is 7. The highest BCUT2D eigenvalue weighted by Crippen LogP contribution is 2.65. The third kappa shape index (κ3) is 7.04. The Balaban J connectivity index is 1.45. The Morgan fingerprint density at radius 3 is 1.56 bits per heavy atom. The number of aliphatic hydroxyl groups is 7. The second-order valence-corrected chi connectivity index (χ2v) is 15.1. The molecule has 2 saturated heterocycles. The predicted octanol–water partition coefficient (Wildman–Crippen LogP) is 1.46. The first-order chi connectivity index (χ1) is 24.2. The Labute approximate surface area is 299 Å². The molecule has 2 aromatic rings. The standard InChI is InChI=1S/C31H36F6O13S2/c1-10-15(4-13(51-10)8-46-27-24(44)23(43)21(41)17(6-38)49-27)19-20(30(34,35)31(36,37)29(19,32)33)16-5-14(52-11(16)2)9-47-28-25(45)26(48-12(3)40)22(42)18(7-39)50-28/h4-5,17-18,21-28,38-39,41-45H,6-9H2,1-3H3/t17-,18-,21-,22-,23+,24-,25-,26+,27-,28-/m1/s1. The molecule has 2 aromatic heterocycles. The van der Waals surface area contributed by atoms with Crippen LogP contribution in [0.25, 0.3) is 11.1 Å². The number of allylic oxidation sites excluding steroid dienone is 2. The van der Waals surface area contributed by atoms with E-state index in [0.29, 0.717) is 0 Å². The van der Waals surface area contributed by atoms with Crippen LogP contribution in [0.15, 0.2) is 12.1 Å². The average Bonchev–Trinajstić information content (AvgIpc) is 3.65. The molecule has 7 N–H and O–H groups in total. The van der Waals surface area contributed by atoms with Gasteiger partial charge in [-0.3, -0.25) is 4.79 Å². The number of carbonyl (C=O) groups excluding carboxylic acids is 1. The van der Waals surface area contributed by atoms with Gasteiger partial charge in [-0.15, -0.1) is 22.7 Å². The first-order valence-corrected chi connectivity index (χ1v) is 17.2. The van der Waals surface area contributed by atoms with E-state index in [-0.39, 0.29) is 19.5 Å². The van der Waals surface area contributed by atoms with Crippen molar-refractivity contribution in [2.75, 3.05) is 13.2 Å². The molecule has 5 rings (SSSR count). The highest BCUT2D eigenvalue weighted by Gasteiger charge is 2.80. The van der Waals surface area contributed by atoms with Gasteiger partial charge in [0.15, 0.2) is 18.7 Å². The molecule has 4 heterocycles. The third-order valence-electron chi connectivity index (χ3n) is 8.89. The van der Waals surface area contributed by atoms with Gasteiger partial charge in [-0.2, -0.15) is 26.3 Å². The van der Waals surface area contributed by atoms with Gasteiger partial charge in [0.25, 0.3) is 0 Å². The molecular weight excluding hydrogens is 758 g/mol. The summed E-state index contributed by atoms with van der Waals surface area (Å²) in [7, 11) is 0. The van der Waals surface area contributed by atoms with Crippen molar-refractivity contribution in [3.05, 3.63) is 42.8 Å². The lowest BCUT2D eigenvalue weighted by Crippen LogP contribution is -2.60. The van der Waals surface area contributed by atoms with Gasteiger partial charge >= 0.3 is 23.7 Å². The fourth-order valence-electron chi connectivity index (χ4n) is 6.21. The van der Waals surface area contributed by atoms with Crippen molar-refractivity contribution < 1.29 is 90.6 Å². The Hall–Kier alpha value is -2.25. The SMILES string of the molecule is CC(=O)O[C@@H]1[C@@H](O)[C@H](OCc2cc(C3=C(c4cc(CO[C@@H]5O[C@H](CO)[C@@H](O)[C@H](O)[C@H]5O)sc4C)C(F)(F)C(F)(F)C3(F)F)c(C)s2)O[C@H](CO)[C@H]1O. The molecule has 52 heavy (non-hydrogen) atoms. The molecule has 10 atom stereocenters. The largest absolute Gasteiger partial charge is 0.457 e. The number of hydrogen-bond donors (Lipinski definition) is 7. The van der Waals surface area contributed by atoms with Crippen molar-refractivity contribution in [3.63, 3.8) is 0 Å². The average molecular weight is 795 g/mol. The lowest BCUT2D eigenvalue weighted by molar-refractivity contribution is -0.305. The molecular formula is C31H36F6O13S2. The van der Waals surface area contributed by atoms with Gasteiger partial charge < -0.3 is 59.4 Å². The molecule has 0 spiro atoms. The second-order valence-electron chi connectivity index (χ2n) is 12.4. The lowest BCUT2D eigenvalue weighted by Gasteiger charge is -2.41. The molecule has 0 radical (unpaired) electrons. The number of thiophene rings is 2. The molecule has 0 amide bonds. The zero-order chi connectivity index (χ0) is 38.7. The number of carbonyl (C=O) groups is 1. The van der Waals surface area contributed by atoms with Gasteiger partial charge in [0.2, 0.25) is 0 Å². The fourth-order valence-corrected chi connectivity index (χ4v) is 8.15. The molecule has 2 fully saturated rings. The summed E-state index contributed by atoms with van der Waals surface area (Å²) in [5.41, 5.74) is -4.56. The van der Waals surface area contributed by atoms with Crippen molar-refractivity contribution in [1.29, 1.82) is 0 Å². The van der Waals surface area contributed by atoms with E-state index in [0.717, 1.165) is 41.7 Å². The molecule has 292 valence electrons. The van der Waals surface area contributed by atoms with Crippen LogP contribution >= 0.6 is 22.7 Å². The normalized spacial score (nSPS) is 34.2. The van der Waals surface area contributed by atoms with E-state index in [1.807, 2.05) is 0 Å². The quantitative estimate of drug-likeness (QED) is 0.127. The van der Waals surface area contributed by atoms with Crippen LogP contribution in [0.2, 0.25) is 0 Å². The first kappa shape index (κ1) is 40.9. The summed E-state index contributed by atoms with van der Waals surface area (Å²) in [4.78, 5) is 11.4. The zero-order valence-electron chi connectivity index (χ0n) is 27.4. The Bertz CT molecular complexity index is 1650. The van der Waals surface area contributed by atoms with Crippen LogP contribution in [0, 0.1) is 13.8 Å². The van der Waals surface area contributed by atoms with Gasteiger partial charge in [-0.05, 0) is 37.1 Å². The van der Waals surface area contributed by atoms with Gasteiger partial charge in [-0.25, -0.2) is 0 Å². The van der Waals surface area contributed by atoms with Gasteiger partial charge in [0.1, 0.15) is 42.7 Å². The van der Waals surface area contributed by atoms with Crippen LogP contribution in [0.3, 0.4) is 0 Å². The fraction of sp³-hybridized carbons (Fsp3) is 0.645. The number of aryl methyl sites for hydroxylation is 2. The van der Waals surface area contributed by atoms with E-state index < -0.39 is 134 Å². The van der Waals surface area contributed by atoms with Crippen LogP contribution < -0.4 is 0 Å². The number of rotatable bonds is 11. The van der Waals surface area contributed by atoms with Crippen molar-refractivity contribution >= 4 is 39.8 Å². The van der Waals surface area contributed by atoms with Crippen molar-refractivity contribution in [3.8, 4) is 0 Å². The van der Waals surface area contributed by atoms with E-state index in [1.54, 1.807) is 0 Å². The summed E-state index contributed by atoms with van der Waals surface area (Å²) in [6.45, 7) is 0.813. The van der Waals surface area contributed by atoms with E-state index in [4.69, 9.17) is 23.7 Å². The second kappa shape index (κ2) is 15.1. The maximum Gasteiger partial charge on any atom is 0.380 e. The molecule has 0 bridgehead atoms. The maximum atomic E-state index is 15.6. The Kier molecular flexibility index (Phi) is 11.9. The molecule has 21 heteroatoms. The van der Waals surface area contributed by atoms with Gasteiger partial charge in [0, 0.05) is 37.6 Å². The van der Waals surface area contributed by atoms with Crippen LogP contribution in [-0.4, -0.2) is 134 Å². The molecule has 1 aliphatic carbocycles. The van der Waals surface area contributed by atoms with Gasteiger partial charge in [-0.1, -0.05) is 0 Å². The summed E-state index contributed by atoms with van der Waals surface area (Å²) in [6, 6.07) is 1.90. The maximum absolute atomic E-state index is 15.6. The molecule has 0 saturated carbocycles. The van der Waals surface area contributed by atoms with Crippen LogP contribution in [0.4, 0.5) is 26.3 Å². The number of halogens is 6. The van der Waals surface area contributed by atoms with E-state index in [9.17, 15) is 40.5 Å². The van der Waals surface area contributed by atoms with Crippen molar-refractivity contribution in [1.82, 2.24) is 0 Å². The number of alkyl halides is 6. The van der Waals surface area contributed by atoms with Gasteiger partial charge in [0.05, 0.1) is 26.4 Å². The summed E-state index contributed by atoms with van der Waals surface area (Å²) >= 11 is 1.46.